The van der Waals surface area contributed by atoms with Crippen LogP contribution in [0.2, 0.25) is 0 Å². The number of hydrogen-bond acceptors (Lipinski definition) is 7. The lowest BCUT2D eigenvalue weighted by atomic mass is 10.3. The van der Waals surface area contributed by atoms with Crippen molar-refractivity contribution in [2.24, 2.45) is 10.2 Å². The van der Waals surface area contributed by atoms with Gasteiger partial charge in [0.2, 0.25) is 15.7 Å². The highest BCUT2D eigenvalue weighted by Crippen LogP contribution is 2.12. The van der Waals surface area contributed by atoms with Crippen molar-refractivity contribution in [3.63, 3.8) is 0 Å². The second kappa shape index (κ2) is 6.65. The molecule has 0 aliphatic heterocycles. The Balaban J connectivity index is 2.84. The van der Waals surface area contributed by atoms with Crippen LogP contribution in [-0.2, 0) is 19.6 Å². The quantitative estimate of drug-likeness (QED) is 0.452. The molecule has 0 saturated carbocycles. The van der Waals surface area contributed by atoms with E-state index in [1.165, 1.54) is 24.3 Å². The molecule has 1 aromatic rings. The van der Waals surface area contributed by atoms with E-state index in [9.17, 15) is 13.2 Å². The Labute approximate surface area is 115 Å². The third kappa shape index (κ3) is 4.34. The van der Waals surface area contributed by atoms with Gasteiger partial charge in [-0.25, -0.2) is 18.4 Å². The van der Waals surface area contributed by atoms with Crippen LogP contribution in [0.5, 0.6) is 0 Å². The highest BCUT2D eigenvalue weighted by atomic mass is 32.2. The number of hydrogen-bond donors (Lipinski definition) is 2. The van der Waals surface area contributed by atoms with Crippen molar-refractivity contribution in [1.82, 2.24) is 0 Å². The van der Waals surface area contributed by atoms with Crippen molar-refractivity contribution in [3.05, 3.63) is 24.3 Å². The molecule has 8 nitrogen and oxygen atoms in total. The first kappa shape index (κ1) is 15.6. The van der Waals surface area contributed by atoms with Gasteiger partial charge in [-0.3, -0.25) is 5.43 Å². The maximum absolute atomic E-state index is 11.3. The first-order valence-corrected chi connectivity index (χ1v) is 6.97. The minimum absolute atomic E-state index is 0.0575. The zero-order valence-electron chi connectivity index (χ0n) is 10.5. The maximum Gasteiger partial charge on any atom is 0.369 e. The molecule has 0 spiro atoms. The van der Waals surface area contributed by atoms with Gasteiger partial charge >= 0.3 is 5.97 Å². The van der Waals surface area contributed by atoms with E-state index in [0.717, 1.165) is 0 Å². The monoisotopic (exact) mass is 296 g/mol. The van der Waals surface area contributed by atoms with Gasteiger partial charge in [-0.05, 0) is 31.2 Å². The minimum Gasteiger partial charge on any atom is -0.461 e. The fourth-order valence-electron chi connectivity index (χ4n) is 1.16. The summed E-state index contributed by atoms with van der Waals surface area (Å²) >= 11 is 0. The zero-order chi connectivity index (χ0) is 15.2. The standard InChI is InChI=1S/C11H12N4O4S/c1-2-19-11(16)10(7-12)15-14-8-3-5-9(6-4-8)20(13,17)18/h3-6,14H,2H2,1H3,(H2,13,17,18). The third-order valence-electron chi connectivity index (χ3n) is 2.05. The summed E-state index contributed by atoms with van der Waals surface area (Å²) in [4.78, 5) is 11.2. The number of hydrazone groups is 1. The topological polar surface area (TPSA) is 135 Å². The molecule has 0 saturated heterocycles. The Bertz CT molecular complexity index is 659. The number of anilines is 1. The molecular weight excluding hydrogens is 284 g/mol. The summed E-state index contributed by atoms with van der Waals surface area (Å²) in [6.45, 7) is 1.73. The van der Waals surface area contributed by atoms with Crippen LogP contribution in [0, 0.1) is 11.3 Å². The third-order valence-corrected chi connectivity index (χ3v) is 2.98. The molecule has 1 rings (SSSR count). The molecule has 0 aliphatic rings. The number of primary sulfonamides is 1. The minimum atomic E-state index is -3.77. The lowest BCUT2D eigenvalue weighted by Gasteiger charge is -2.03. The number of rotatable bonds is 5. The number of carbonyl (C=O) groups is 1. The molecule has 0 fully saturated rings. The van der Waals surface area contributed by atoms with E-state index >= 15 is 0 Å². The van der Waals surface area contributed by atoms with Crippen LogP contribution >= 0.6 is 0 Å². The second-order valence-corrected chi connectivity index (χ2v) is 5.04. The van der Waals surface area contributed by atoms with Gasteiger partial charge in [0.25, 0.3) is 0 Å². The number of ether oxygens (including phenoxy) is 1. The molecule has 0 aromatic heterocycles. The van der Waals surface area contributed by atoms with Crippen molar-refractivity contribution in [2.45, 2.75) is 11.8 Å². The molecule has 106 valence electrons. The number of nitrogens with zero attached hydrogens (tertiary/aromatic N) is 2. The molecule has 0 unspecified atom stereocenters. The predicted molar refractivity (Wildman–Crippen MR) is 71.1 cm³/mol. The fourth-order valence-corrected chi connectivity index (χ4v) is 1.67. The molecule has 20 heavy (non-hydrogen) atoms. The van der Waals surface area contributed by atoms with Crippen molar-refractivity contribution in [1.29, 1.82) is 5.26 Å². The molecule has 0 bridgehead atoms. The molecular formula is C11H12N4O4S. The SMILES string of the molecule is CCOC(=O)C(C#N)=NNc1ccc(S(N)(=O)=O)cc1. The zero-order valence-corrected chi connectivity index (χ0v) is 11.3. The largest absolute Gasteiger partial charge is 0.461 e. The van der Waals surface area contributed by atoms with Crippen LogP contribution in [0.1, 0.15) is 6.92 Å². The number of benzene rings is 1. The summed E-state index contributed by atoms with van der Waals surface area (Å²) in [6.07, 6.45) is 0. The number of nitrogens with one attached hydrogen (secondary N) is 1. The molecule has 1 aromatic carbocycles. The average Bonchev–Trinajstić information content (AvgIpc) is 2.39. The molecule has 0 atom stereocenters. The lowest BCUT2D eigenvalue weighted by molar-refractivity contribution is -0.134. The summed E-state index contributed by atoms with van der Waals surface area (Å²) in [5.74, 6) is -0.844. The van der Waals surface area contributed by atoms with Crippen LogP contribution < -0.4 is 10.6 Å². The highest BCUT2D eigenvalue weighted by Gasteiger charge is 2.12. The Morgan fingerprint density at radius 2 is 2.05 bits per heavy atom. The van der Waals surface area contributed by atoms with Crippen LogP contribution in [0.15, 0.2) is 34.3 Å². The molecule has 0 radical (unpaired) electrons. The van der Waals surface area contributed by atoms with E-state index in [0.29, 0.717) is 5.69 Å². The summed E-state index contributed by atoms with van der Waals surface area (Å²) in [5, 5.41) is 17.3. The fraction of sp³-hybridized carbons (Fsp3) is 0.182. The van der Waals surface area contributed by atoms with Crippen molar-refractivity contribution in [2.75, 3.05) is 12.0 Å². The van der Waals surface area contributed by atoms with E-state index < -0.39 is 21.7 Å². The van der Waals surface area contributed by atoms with Crippen LogP contribution in [0.4, 0.5) is 5.69 Å². The maximum atomic E-state index is 11.3. The molecule has 0 aliphatic carbocycles. The first-order valence-electron chi connectivity index (χ1n) is 5.42. The predicted octanol–water partition coefficient (Wildman–Crippen LogP) is 0.189. The van der Waals surface area contributed by atoms with E-state index in [2.05, 4.69) is 15.3 Å². The number of sulfonamides is 1. The summed E-state index contributed by atoms with van der Waals surface area (Å²) < 4.78 is 26.7. The van der Waals surface area contributed by atoms with Crippen molar-refractivity contribution in [3.8, 4) is 6.07 Å². The van der Waals surface area contributed by atoms with Crippen LogP contribution in [0.25, 0.3) is 0 Å². The normalized spacial score (nSPS) is 11.6. The van der Waals surface area contributed by atoms with Gasteiger partial charge in [-0.2, -0.15) is 10.4 Å². The van der Waals surface area contributed by atoms with Gasteiger partial charge in [0.15, 0.2) is 0 Å². The summed E-state index contributed by atoms with van der Waals surface area (Å²) in [7, 11) is -3.77. The van der Waals surface area contributed by atoms with Gasteiger partial charge in [0, 0.05) is 0 Å². The number of esters is 1. The highest BCUT2D eigenvalue weighted by molar-refractivity contribution is 7.89. The summed E-state index contributed by atoms with van der Waals surface area (Å²) in [6, 6.07) is 6.91. The Kier molecular flexibility index (Phi) is 5.19. The number of nitrogens with two attached hydrogens (primary N) is 1. The molecule has 0 amide bonds. The van der Waals surface area contributed by atoms with E-state index in [1.54, 1.807) is 13.0 Å². The van der Waals surface area contributed by atoms with Crippen LogP contribution in [0.3, 0.4) is 0 Å². The second-order valence-electron chi connectivity index (χ2n) is 3.47. The van der Waals surface area contributed by atoms with Gasteiger partial charge in [0.05, 0.1) is 17.2 Å². The Morgan fingerprint density at radius 1 is 1.45 bits per heavy atom. The smallest absolute Gasteiger partial charge is 0.369 e. The Hall–Kier alpha value is -2.44. The van der Waals surface area contributed by atoms with E-state index in [-0.39, 0.29) is 11.5 Å². The molecule has 3 N–H and O–H groups in total. The first-order chi connectivity index (χ1) is 9.38. The molecule has 9 heteroatoms. The number of nitriles is 1. The van der Waals surface area contributed by atoms with Crippen molar-refractivity contribution < 1.29 is 17.9 Å². The van der Waals surface area contributed by atoms with Gasteiger partial charge < -0.3 is 4.74 Å². The van der Waals surface area contributed by atoms with Crippen molar-refractivity contribution >= 4 is 27.4 Å². The van der Waals surface area contributed by atoms with E-state index in [1.807, 2.05) is 0 Å². The van der Waals surface area contributed by atoms with Gasteiger partial charge in [-0.1, -0.05) is 0 Å². The van der Waals surface area contributed by atoms with Gasteiger partial charge in [-0.15, -0.1) is 0 Å². The lowest BCUT2D eigenvalue weighted by Crippen LogP contribution is -2.17. The van der Waals surface area contributed by atoms with Gasteiger partial charge in [0.1, 0.15) is 6.07 Å². The Morgan fingerprint density at radius 3 is 2.50 bits per heavy atom. The van der Waals surface area contributed by atoms with Crippen LogP contribution in [-0.4, -0.2) is 26.7 Å². The number of carbonyl (C=O) groups excluding carboxylic acids is 1. The summed E-state index contributed by atoms with van der Waals surface area (Å²) in [5.41, 5.74) is 2.38. The van der Waals surface area contributed by atoms with E-state index in [4.69, 9.17) is 10.4 Å². The molecule has 0 heterocycles. The average molecular weight is 296 g/mol.